The molecule has 1 heterocycles. The molecule has 0 aliphatic rings. The molecule has 0 saturated heterocycles. The molecule has 0 spiro atoms. The van der Waals surface area contributed by atoms with Crippen LogP contribution in [0.2, 0.25) is 5.02 Å². The van der Waals surface area contributed by atoms with Crippen molar-refractivity contribution in [2.45, 2.75) is 6.92 Å². The summed E-state index contributed by atoms with van der Waals surface area (Å²) in [4.78, 5) is 15.5. The first-order valence-corrected chi connectivity index (χ1v) is 6.58. The lowest BCUT2D eigenvalue weighted by Crippen LogP contribution is -2.28. The molecule has 20 heavy (non-hydrogen) atoms. The lowest BCUT2D eigenvalue weighted by Gasteiger charge is -2.09. The first-order chi connectivity index (χ1) is 9.67. The molecular weight excluding hydrogens is 276 g/mol. The van der Waals surface area contributed by atoms with Crippen molar-refractivity contribution in [3.8, 4) is 0 Å². The molecule has 104 valence electrons. The first-order valence-electron chi connectivity index (χ1n) is 6.21. The maximum atomic E-state index is 11.4. The lowest BCUT2D eigenvalue weighted by molar-refractivity contribution is 0.252. The topological polar surface area (TPSA) is 66.1 Å². The summed E-state index contributed by atoms with van der Waals surface area (Å²) in [5, 5.41) is 9.19. The Morgan fingerprint density at radius 1 is 1.20 bits per heavy atom. The molecule has 0 aliphatic carbocycles. The first kappa shape index (κ1) is 14.1. The van der Waals surface area contributed by atoms with Gasteiger partial charge in [0, 0.05) is 35.2 Å². The molecule has 3 N–H and O–H groups in total. The van der Waals surface area contributed by atoms with E-state index in [1.807, 2.05) is 25.1 Å². The van der Waals surface area contributed by atoms with Gasteiger partial charge in [0.25, 0.3) is 0 Å². The number of aromatic nitrogens is 1. The number of anilines is 3. The van der Waals surface area contributed by atoms with Crippen LogP contribution in [0.5, 0.6) is 0 Å². The van der Waals surface area contributed by atoms with Crippen LogP contribution in [0.4, 0.5) is 22.0 Å². The number of amides is 2. The lowest BCUT2D eigenvalue weighted by atomic mass is 10.3. The molecule has 2 rings (SSSR count). The van der Waals surface area contributed by atoms with Crippen molar-refractivity contribution < 1.29 is 4.79 Å². The van der Waals surface area contributed by atoms with Gasteiger partial charge in [0.2, 0.25) is 0 Å². The van der Waals surface area contributed by atoms with Gasteiger partial charge >= 0.3 is 6.03 Å². The van der Waals surface area contributed by atoms with E-state index in [2.05, 4.69) is 20.9 Å². The number of rotatable bonds is 4. The van der Waals surface area contributed by atoms with Crippen molar-refractivity contribution in [3.05, 3.63) is 47.6 Å². The number of nitrogens with one attached hydrogen (secondary N) is 3. The Hall–Kier alpha value is -2.27. The Labute approximate surface area is 122 Å². The van der Waals surface area contributed by atoms with Crippen molar-refractivity contribution >= 4 is 34.8 Å². The zero-order valence-corrected chi connectivity index (χ0v) is 11.7. The van der Waals surface area contributed by atoms with Gasteiger partial charge in [0.15, 0.2) is 0 Å². The van der Waals surface area contributed by atoms with Crippen molar-refractivity contribution in [1.82, 2.24) is 10.3 Å². The van der Waals surface area contributed by atoms with E-state index in [1.54, 1.807) is 24.4 Å². The van der Waals surface area contributed by atoms with E-state index >= 15 is 0 Å². The zero-order chi connectivity index (χ0) is 14.4. The van der Waals surface area contributed by atoms with Crippen LogP contribution in [-0.2, 0) is 0 Å². The third kappa shape index (κ3) is 4.13. The second-order valence-corrected chi connectivity index (χ2v) is 4.48. The van der Waals surface area contributed by atoms with Gasteiger partial charge in [-0.3, -0.25) is 5.32 Å². The number of hydrogen-bond donors (Lipinski definition) is 3. The van der Waals surface area contributed by atoms with Crippen molar-refractivity contribution in [1.29, 1.82) is 0 Å². The maximum Gasteiger partial charge on any atom is 0.320 e. The van der Waals surface area contributed by atoms with Gasteiger partial charge in [-0.2, -0.15) is 0 Å². The molecule has 0 aliphatic heterocycles. The molecule has 0 atom stereocenters. The van der Waals surface area contributed by atoms with Gasteiger partial charge in [-0.1, -0.05) is 11.6 Å². The van der Waals surface area contributed by atoms with E-state index < -0.39 is 0 Å². The highest BCUT2D eigenvalue weighted by molar-refractivity contribution is 6.30. The standard InChI is InChI=1S/C14H15ClN4O/c1-2-16-14(20)19-13-9-12(7-8-17-13)18-11-5-3-10(15)4-6-11/h3-9H,2H2,1H3,(H3,16,17,18,19,20). The highest BCUT2D eigenvalue weighted by Crippen LogP contribution is 2.20. The average molecular weight is 291 g/mol. The van der Waals surface area contributed by atoms with Crippen molar-refractivity contribution in [3.63, 3.8) is 0 Å². The van der Waals surface area contributed by atoms with E-state index in [0.29, 0.717) is 17.4 Å². The number of halogens is 1. The van der Waals surface area contributed by atoms with Crippen LogP contribution >= 0.6 is 11.6 Å². The number of pyridine rings is 1. The summed E-state index contributed by atoms with van der Waals surface area (Å²) in [6, 6.07) is 10.7. The van der Waals surface area contributed by atoms with Crippen LogP contribution in [0.3, 0.4) is 0 Å². The number of hydrogen-bond acceptors (Lipinski definition) is 3. The van der Waals surface area contributed by atoms with Crippen LogP contribution in [0.25, 0.3) is 0 Å². The molecule has 5 nitrogen and oxygen atoms in total. The van der Waals surface area contributed by atoms with Crippen LogP contribution in [-0.4, -0.2) is 17.6 Å². The SMILES string of the molecule is CCNC(=O)Nc1cc(Nc2ccc(Cl)cc2)ccn1. The molecule has 1 aromatic heterocycles. The van der Waals surface area contributed by atoms with Crippen LogP contribution in [0, 0.1) is 0 Å². The Bertz CT molecular complexity index is 586. The minimum Gasteiger partial charge on any atom is -0.355 e. The molecule has 0 radical (unpaired) electrons. The van der Waals surface area contributed by atoms with E-state index in [1.165, 1.54) is 0 Å². The van der Waals surface area contributed by atoms with Crippen molar-refractivity contribution in [2.24, 2.45) is 0 Å². The molecule has 0 unspecified atom stereocenters. The summed E-state index contributed by atoms with van der Waals surface area (Å²) in [6.07, 6.45) is 1.62. The zero-order valence-electron chi connectivity index (χ0n) is 11.0. The number of carbonyl (C=O) groups excluding carboxylic acids is 1. The smallest absolute Gasteiger partial charge is 0.320 e. The summed E-state index contributed by atoms with van der Waals surface area (Å²) in [5.74, 6) is 0.481. The van der Waals surface area contributed by atoms with Crippen LogP contribution < -0.4 is 16.0 Å². The minimum absolute atomic E-state index is 0.274. The van der Waals surface area contributed by atoms with Gasteiger partial charge in [0.1, 0.15) is 5.82 Å². The van der Waals surface area contributed by atoms with Gasteiger partial charge in [-0.25, -0.2) is 9.78 Å². The second kappa shape index (κ2) is 6.77. The van der Waals surface area contributed by atoms with Crippen molar-refractivity contribution in [2.75, 3.05) is 17.2 Å². The van der Waals surface area contributed by atoms with E-state index in [0.717, 1.165) is 11.4 Å². The molecule has 2 amide bonds. The Morgan fingerprint density at radius 3 is 2.65 bits per heavy atom. The molecule has 0 saturated carbocycles. The van der Waals surface area contributed by atoms with Gasteiger partial charge in [0.05, 0.1) is 0 Å². The highest BCUT2D eigenvalue weighted by Gasteiger charge is 2.02. The Balaban J connectivity index is 2.05. The predicted octanol–water partition coefficient (Wildman–Crippen LogP) is 3.62. The molecular formula is C14H15ClN4O. The number of urea groups is 1. The molecule has 0 fully saturated rings. The van der Waals surface area contributed by atoms with E-state index in [9.17, 15) is 4.79 Å². The minimum atomic E-state index is -0.274. The predicted molar refractivity (Wildman–Crippen MR) is 81.7 cm³/mol. The summed E-state index contributed by atoms with van der Waals surface area (Å²) in [6.45, 7) is 2.42. The Morgan fingerprint density at radius 2 is 1.95 bits per heavy atom. The van der Waals surface area contributed by atoms with E-state index in [4.69, 9.17) is 11.6 Å². The number of nitrogens with zero attached hydrogens (tertiary/aromatic N) is 1. The fraction of sp³-hybridized carbons (Fsp3) is 0.143. The quantitative estimate of drug-likeness (QED) is 0.806. The highest BCUT2D eigenvalue weighted by atomic mass is 35.5. The number of benzene rings is 1. The average Bonchev–Trinajstić information content (AvgIpc) is 2.42. The second-order valence-electron chi connectivity index (χ2n) is 4.05. The summed E-state index contributed by atoms with van der Waals surface area (Å²) >= 11 is 5.83. The van der Waals surface area contributed by atoms with Gasteiger partial charge in [-0.05, 0) is 37.3 Å². The van der Waals surface area contributed by atoms with Gasteiger partial charge < -0.3 is 10.6 Å². The maximum absolute atomic E-state index is 11.4. The fourth-order valence-electron chi connectivity index (χ4n) is 1.60. The Kier molecular flexibility index (Phi) is 4.79. The number of carbonyl (C=O) groups is 1. The normalized spacial score (nSPS) is 9.90. The summed E-state index contributed by atoms with van der Waals surface area (Å²) in [7, 11) is 0. The largest absolute Gasteiger partial charge is 0.355 e. The molecule has 0 bridgehead atoms. The van der Waals surface area contributed by atoms with Crippen LogP contribution in [0.1, 0.15) is 6.92 Å². The van der Waals surface area contributed by atoms with Gasteiger partial charge in [-0.15, -0.1) is 0 Å². The molecule has 1 aromatic carbocycles. The van der Waals surface area contributed by atoms with Crippen LogP contribution in [0.15, 0.2) is 42.6 Å². The third-order valence-corrected chi connectivity index (χ3v) is 2.72. The van der Waals surface area contributed by atoms with E-state index in [-0.39, 0.29) is 6.03 Å². The molecule has 6 heteroatoms. The fourth-order valence-corrected chi connectivity index (χ4v) is 1.72. The summed E-state index contributed by atoms with van der Waals surface area (Å²) < 4.78 is 0. The third-order valence-electron chi connectivity index (χ3n) is 2.47. The molecule has 2 aromatic rings. The summed E-state index contributed by atoms with van der Waals surface area (Å²) in [5.41, 5.74) is 1.73. The monoisotopic (exact) mass is 290 g/mol.